The largest absolute Gasteiger partial charge is 0.497 e. The molecule has 0 saturated carbocycles. The minimum Gasteiger partial charge on any atom is -0.497 e. The fourth-order valence-corrected chi connectivity index (χ4v) is 2.64. The lowest BCUT2D eigenvalue weighted by atomic mass is 10.1. The van der Waals surface area contributed by atoms with Gasteiger partial charge in [-0.3, -0.25) is 0 Å². The van der Waals surface area contributed by atoms with Crippen LogP contribution in [0.25, 0.3) is 0 Å². The van der Waals surface area contributed by atoms with E-state index < -0.39 is 0 Å². The fraction of sp³-hybridized carbons (Fsp3) is 0.350. The quantitative estimate of drug-likeness (QED) is 0.541. The third-order valence-corrected chi connectivity index (χ3v) is 3.77. The zero-order chi connectivity index (χ0) is 18.1. The Labute approximate surface area is 155 Å². The van der Waals surface area contributed by atoms with Crippen molar-refractivity contribution in [3.63, 3.8) is 0 Å². The molecule has 0 saturated heterocycles. The highest BCUT2D eigenvalue weighted by molar-refractivity contribution is 7.80. The predicted octanol–water partition coefficient (Wildman–Crippen LogP) is 4.40. The Morgan fingerprint density at radius 3 is 2.60 bits per heavy atom. The first-order chi connectivity index (χ1) is 12.1. The molecule has 134 valence electrons. The van der Waals surface area contributed by atoms with Gasteiger partial charge in [-0.2, -0.15) is 0 Å². The van der Waals surface area contributed by atoms with Crippen molar-refractivity contribution in [1.29, 1.82) is 0 Å². The summed E-state index contributed by atoms with van der Waals surface area (Å²) in [6, 6.07) is 16.0. The second-order valence-electron chi connectivity index (χ2n) is 6.03. The molecule has 5 heteroatoms. The molecule has 2 N–H and O–H groups in total. The molecule has 0 atom stereocenters. The molecule has 0 fully saturated rings. The number of anilines is 1. The van der Waals surface area contributed by atoms with Crippen LogP contribution in [0.2, 0.25) is 0 Å². The smallest absolute Gasteiger partial charge is 0.170 e. The van der Waals surface area contributed by atoms with Crippen LogP contribution in [0, 0.1) is 0 Å². The van der Waals surface area contributed by atoms with E-state index in [9.17, 15) is 0 Å². The summed E-state index contributed by atoms with van der Waals surface area (Å²) in [4.78, 5) is 0. The number of methoxy groups -OCH3 is 1. The van der Waals surface area contributed by atoms with E-state index in [1.165, 1.54) is 5.56 Å². The van der Waals surface area contributed by atoms with Gasteiger partial charge >= 0.3 is 0 Å². The number of hydrogen-bond donors (Lipinski definition) is 2. The minimum absolute atomic E-state index is 0.192. The molecule has 25 heavy (non-hydrogen) atoms. The van der Waals surface area contributed by atoms with Gasteiger partial charge in [-0.25, -0.2) is 0 Å². The Morgan fingerprint density at radius 1 is 1.08 bits per heavy atom. The maximum Gasteiger partial charge on any atom is 0.170 e. The first kappa shape index (κ1) is 19.1. The highest BCUT2D eigenvalue weighted by Crippen LogP contribution is 2.17. The summed E-state index contributed by atoms with van der Waals surface area (Å²) >= 11 is 5.33. The van der Waals surface area contributed by atoms with E-state index in [4.69, 9.17) is 21.7 Å². The van der Waals surface area contributed by atoms with Crippen molar-refractivity contribution in [1.82, 2.24) is 5.32 Å². The van der Waals surface area contributed by atoms with Crippen LogP contribution in [0.15, 0.2) is 48.5 Å². The molecule has 2 aromatic carbocycles. The van der Waals surface area contributed by atoms with Crippen molar-refractivity contribution in [3.8, 4) is 11.5 Å². The predicted molar refractivity (Wildman–Crippen MR) is 108 cm³/mol. The van der Waals surface area contributed by atoms with Gasteiger partial charge in [-0.1, -0.05) is 18.2 Å². The lowest BCUT2D eigenvalue weighted by Gasteiger charge is -2.12. The van der Waals surface area contributed by atoms with Gasteiger partial charge in [-0.15, -0.1) is 0 Å². The molecule has 0 aliphatic carbocycles. The Bertz CT molecular complexity index is 689. The van der Waals surface area contributed by atoms with Crippen LogP contribution in [0.1, 0.15) is 25.8 Å². The van der Waals surface area contributed by atoms with Crippen LogP contribution in [0.5, 0.6) is 11.5 Å². The summed E-state index contributed by atoms with van der Waals surface area (Å²) in [6.07, 6.45) is 2.16. The maximum atomic E-state index is 5.73. The first-order valence-corrected chi connectivity index (χ1v) is 8.92. The van der Waals surface area contributed by atoms with Crippen LogP contribution in [0.3, 0.4) is 0 Å². The summed E-state index contributed by atoms with van der Waals surface area (Å²) in [5, 5.41) is 7.02. The number of rotatable bonds is 8. The zero-order valence-corrected chi connectivity index (χ0v) is 15.9. The van der Waals surface area contributed by atoms with Gasteiger partial charge in [0.1, 0.15) is 11.5 Å². The van der Waals surface area contributed by atoms with E-state index >= 15 is 0 Å². The van der Waals surface area contributed by atoms with Gasteiger partial charge in [-0.05, 0) is 68.7 Å². The normalized spacial score (nSPS) is 10.4. The van der Waals surface area contributed by atoms with Crippen molar-refractivity contribution in [3.05, 3.63) is 54.1 Å². The van der Waals surface area contributed by atoms with E-state index in [2.05, 4.69) is 22.8 Å². The number of ether oxygens (including phenoxy) is 2. The Balaban J connectivity index is 1.72. The van der Waals surface area contributed by atoms with Crippen molar-refractivity contribution < 1.29 is 9.47 Å². The molecule has 0 heterocycles. The van der Waals surface area contributed by atoms with E-state index in [1.54, 1.807) is 7.11 Å². The molecule has 0 spiro atoms. The molecular weight excluding hydrogens is 332 g/mol. The summed E-state index contributed by atoms with van der Waals surface area (Å²) in [5.74, 6) is 1.73. The number of thiocarbonyl (C=S) groups is 1. The highest BCUT2D eigenvalue weighted by atomic mass is 32.1. The molecule has 2 aromatic rings. The molecule has 2 rings (SSSR count). The van der Waals surface area contributed by atoms with Gasteiger partial charge in [0.15, 0.2) is 5.11 Å². The zero-order valence-electron chi connectivity index (χ0n) is 15.0. The standard InChI is InChI=1S/C20H26N2O2S/c1-15(2)24-19-11-4-7-16(13-19)8-6-12-21-20(25)22-17-9-5-10-18(14-17)23-3/h4-5,7,9-11,13-15H,6,8,12H2,1-3H3,(H2,21,22,25). The lowest BCUT2D eigenvalue weighted by Crippen LogP contribution is -2.29. The second kappa shape index (κ2) is 9.89. The summed E-state index contributed by atoms with van der Waals surface area (Å²) in [5.41, 5.74) is 2.18. The summed E-state index contributed by atoms with van der Waals surface area (Å²) in [6.45, 7) is 4.88. The van der Waals surface area contributed by atoms with Crippen molar-refractivity contribution >= 4 is 23.0 Å². The molecule has 0 bridgehead atoms. The SMILES string of the molecule is COc1cccc(NC(=S)NCCCc2cccc(OC(C)C)c2)c1. The number of aryl methyl sites for hydroxylation is 1. The van der Waals surface area contributed by atoms with Gasteiger partial charge in [0, 0.05) is 18.3 Å². The summed E-state index contributed by atoms with van der Waals surface area (Å²) in [7, 11) is 1.65. The van der Waals surface area contributed by atoms with Gasteiger partial charge in [0.25, 0.3) is 0 Å². The first-order valence-electron chi connectivity index (χ1n) is 8.51. The average molecular weight is 359 g/mol. The van der Waals surface area contributed by atoms with Crippen LogP contribution in [0.4, 0.5) is 5.69 Å². The minimum atomic E-state index is 0.192. The van der Waals surface area contributed by atoms with E-state index in [1.807, 2.05) is 50.2 Å². The number of benzene rings is 2. The van der Waals surface area contributed by atoms with Crippen LogP contribution >= 0.6 is 12.2 Å². The lowest BCUT2D eigenvalue weighted by molar-refractivity contribution is 0.242. The number of hydrogen-bond acceptors (Lipinski definition) is 3. The van der Waals surface area contributed by atoms with E-state index in [-0.39, 0.29) is 6.10 Å². The fourth-order valence-electron chi connectivity index (χ4n) is 2.42. The second-order valence-corrected chi connectivity index (χ2v) is 6.44. The van der Waals surface area contributed by atoms with Gasteiger partial charge in [0.2, 0.25) is 0 Å². The third kappa shape index (κ3) is 7.01. The van der Waals surface area contributed by atoms with Crippen molar-refractivity contribution in [2.75, 3.05) is 19.0 Å². The molecule has 0 amide bonds. The van der Waals surface area contributed by atoms with Crippen LogP contribution < -0.4 is 20.1 Å². The molecule has 0 aliphatic heterocycles. The molecule has 4 nitrogen and oxygen atoms in total. The molecular formula is C20H26N2O2S. The monoisotopic (exact) mass is 358 g/mol. The average Bonchev–Trinajstić information content (AvgIpc) is 2.59. The number of nitrogens with one attached hydrogen (secondary N) is 2. The van der Waals surface area contributed by atoms with E-state index in [0.717, 1.165) is 36.6 Å². The van der Waals surface area contributed by atoms with Crippen molar-refractivity contribution in [2.45, 2.75) is 32.8 Å². The van der Waals surface area contributed by atoms with E-state index in [0.29, 0.717) is 5.11 Å². The van der Waals surface area contributed by atoms with Gasteiger partial charge < -0.3 is 20.1 Å². The molecule has 0 unspecified atom stereocenters. The summed E-state index contributed by atoms with van der Waals surface area (Å²) < 4.78 is 10.9. The molecule has 0 aliphatic rings. The Hall–Kier alpha value is -2.27. The highest BCUT2D eigenvalue weighted by Gasteiger charge is 2.01. The molecule has 0 aromatic heterocycles. The van der Waals surface area contributed by atoms with Crippen LogP contribution in [-0.4, -0.2) is 24.9 Å². The maximum absolute atomic E-state index is 5.73. The third-order valence-electron chi connectivity index (χ3n) is 3.53. The van der Waals surface area contributed by atoms with Crippen molar-refractivity contribution in [2.24, 2.45) is 0 Å². The Kier molecular flexibility index (Phi) is 7.54. The van der Waals surface area contributed by atoms with Crippen LogP contribution in [-0.2, 0) is 6.42 Å². The topological polar surface area (TPSA) is 42.5 Å². The Morgan fingerprint density at radius 2 is 1.84 bits per heavy atom. The molecule has 0 radical (unpaired) electrons. The van der Waals surface area contributed by atoms with Gasteiger partial charge in [0.05, 0.1) is 13.2 Å².